The average molecular weight is 139 g/mol. The Balaban J connectivity index is 1.95. The number of nitrogens with one attached hydrogen (secondary N) is 1. The van der Waals surface area contributed by atoms with E-state index >= 15 is 0 Å². The summed E-state index contributed by atoms with van der Waals surface area (Å²) in [5.74, 6) is 2.14. The van der Waals surface area contributed by atoms with Crippen molar-refractivity contribution >= 4 is 0 Å². The van der Waals surface area contributed by atoms with Gasteiger partial charge in [-0.1, -0.05) is 12.8 Å². The molecule has 0 radical (unpaired) electrons. The van der Waals surface area contributed by atoms with E-state index in [9.17, 15) is 0 Å². The second-order valence-corrected chi connectivity index (χ2v) is 3.80. The van der Waals surface area contributed by atoms with E-state index in [1.54, 1.807) is 0 Å². The standard InChI is InChI=1S/C9H17N/c1-3-8-5-2-6-10-7-9(8)4-1/h8-10H,1-7H2. The zero-order chi connectivity index (χ0) is 6.81. The number of rotatable bonds is 0. The maximum Gasteiger partial charge on any atom is -0.00179 e. The molecule has 0 bridgehead atoms. The third-order valence-electron chi connectivity index (χ3n) is 3.15. The lowest BCUT2D eigenvalue weighted by Gasteiger charge is -2.14. The molecule has 1 N–H and O–H groups in total. The van der Waals surface area contributed by atoms with Crippen LogP contribution in [0.2, 0.25) is 0 Å². The second kappa shape index (κ2) is 2.91. The molecule has 1 heterocycles. The largest absolute Gasteiger partial charge is 0.316 e. The van der Waals surface area contributed by atoms with Crippen LogP contribution in [-0.4, -0.2) is 13.1 Å². The Kier molecular flexibility index (Phi) is 1.94. The van der Waals surface area contributed by atoms with Crippen LogP contribution in [0.1, 0.15) is 32.1 Å². The Morgan fingerprint density at radius 1 is 0.900 bits per heavy atom. The minimum atomic E-state index is 1.04. The van der Waals surface area contributed by atoms with Gasteiger partial charge in [0, 0.05) is 0 Å². The summed E-state index contributed by atoms with van der Waals surface area (Å²) >= 11 is 0. The molecule has 1 nitrogen and oxygen atoms in total. The van der Waals surface area contributed by atoms with Crippen molar-refractivity contribution in [3.63, 3.8) is 0 Å². The molecule has 10 heavy (non-hydrogen) atoms. The van der Waals surface area contributed by atoms with Crippen molar-refractivity contribution in [3.8, 4) is 0 Å². The van der Waals surface area contributed by atoms with E-state index in [0.29, 0.717) is 0 Å². The first kappa shape index (κ1) is 6.66. The van der Waals surface area contributed by atoms with Crippen molar-refractivity contribution < 1.29 is 0 Å². The van der Waals surface area contributed by atoms with E-state index in [2.05, 4.69) is 5.32 Å². The van der Waals surface area contributed by atoms with Gasteiger partial charge < -0.3 is 5.32 Å². The highest BCUT2D eigenvalue weighted by molar-refractivity contribution is 4.81. The molecule has 2 unspecified atom stereocenters. The summed E-state index contributed by atoms with van der Waals surface area (Å²) < 4.78 is 0. The summed E-state index contributed by atoms with van der Waals surface area (Å²) in [6.45, 7) is 2.58. The van der Waals surface area contributed by atoms with Crippen molar-refractivity contribution in [2.45, 2.75) is 32.1 Å². The predicted molar refractivity (Wildman–Crippen MR) is 42.9 cm³/mol. The van der Waals surface area contributed by atoms with E-state index in [-0.39, 0.29) is 0 Å². The summed E-state index contributed by atoms with van der Waals surface area (Å²) in [6.07, 6.45) is 7.43. The van der Waals surface area contributed by atoms with Crippen LogP contribution >= 0.6 is 0 Å². The zero-order valence-electron chi connectivity index (χ0n) is 6.60. The van der Waals surface area contributed by atoms with Crippen molar-refractivity contribution in [1.82, 2.24) is 5.32 Å². The van der Waals surface area contributed by atoms with Crippen LogP contribution in [-0.2, 0) is 0 Å². The summed E-state index contributed by atoms with van der Waals surface area (Å²) in [7, 11) is 0. The molecule has 2 atom stereocenters. The first-order valence-electron chi connectivity index (χ1n) is 4.67. The van der Waals surface area contributed by atoms with Gasteiger partial charge in [0.1, 0.15) is 0 Å². The van der Waals surface area contributed by atoms with Gasteiger partial charge in [0.2, 0.25) is 0 Å². The Bertz CT molecular complexity index is 99.3. The molecule has 1 saturated carbocycles. The Labute approximate surface area is 63.2 Å². The van der Waals surface area contributed by atoms with Crippen molar-refractivity contribution in [2.24, 2.45) is 11.8 Å². The minimum Gasteiger partial charge on any atom is -0.316 e. The topological polar surface area (TPSA) is 12.0 Å². The van der Waals surface area contributed by atoms with Gasteiger partial charge >= 0.3 is 0 Å². The molecule has 2 fully saturated rings. The molecule has 1 aliphatic heterocycles. The molecule has 2 aliphatic rings. The molecule has 0 amide bonds. The van der Waals surface area contributed by atoms with Gasteiger partial charge in [-0.15, -0.1) is 0 Å². The Morgan fingerprint density at radius 3 is 2.70 bits per heavy atom. The summed E-state index contributed by atoms with van der Waals surface area (Å²) in [5, 5.41) is 3.52. The molecule has 0 aromatic carbocycles. The lowest BCUT2D eigenvalue weighted by Crippen LogP contribution is -2.21. The molecule has 1 saturated heterocycles. The predicted octanol–water partition coefficient (Wildman–Crippen LogP) is 1.79. The van der Waals surface area contributed by atoms with Crippen molar-refractivity contribution in [2.75, 3.05) is 13.1 Å². The monoisotopic (exact) mass is 139 g/mol. The van der Waals surface area contributed by atoms with E-state index in [4.69, 9.17) is 0 Å². The van der Waals surface area contributed by atoms with Gasteiger partial charge in [0.05, 0.1) is 0 Å². The lowest BCUT2D eigenvalue weighted by atomic mass is 9.93. The summed E-state index contributed by atoms with van der Waals surface area (Å²) in [6, 6.07) is 0. The number of fused-ring (bicyclic) bond motifs is 1. The summed E-state index contributed by atoms with van der Waals surface area (Å²) in [5.41, 5.74) is 0. The second-order valence-electron chi connectivity index (χ2n) is 3.80. The van der Waals surface area contributed by atoms with E-state index in [0.717, 1.165) is 11.8 Å². The molecule has 0 aromatic heterocycles. The van der Waals surface area contributed by atoms with Gasteiger partial charge in [-0.05, 0) is 44.2 Å². The smallest absolute Gasteiger partial charge is 0.00179 e. The Morgan fingerprint density at radius 2 is 1.70 bits per heavy atom. The van der Waals surface area contributed by atoms with Gasteiger partial charge in [-0.25, -0.2) is 0 Å². The lowest BCUT2D eigenvalue weighted by molar-refractivity contribution is 0.383. The highest BCUT2D eigenvalue weighted by atomic mass is 14.9. The first-order valence-corrected chi connectivity index (χ1v) is 4.67. The third-order valence-corrected chi connectivity index (χ3v) is 3.15. The fourth-order valence-electron chi connectivity index (χ4n) is 2.54. The van der Waals surface area contributed by atoms with Crippen LogP contribution in [0.3, 0.4) is 0 Å². The fraction of sp³-hybridized carbons (Fsp3) is 1.00. The average Bonchev–Trinajstić information content (AvgIpc) is 2.28. The SMILES string of the molecule is C1CNCC2CCCC2C1. The minimum absolute atomic E-state index is 1.04. The molecule has 0 spiro atoms. The highest BCUT2D eigenvalue weighted by Crippen LogP contribution is 2.35. The molecular weight excluding hydrogens is 122 g/mol. The van der Waals surface area contributed by atoms with Crippen LogP contribution in [0.25, 0.3) is 0 Å². The quantitative estimate of drug-likeness (QED) is 0.539. The highest BCUT2D eigenvalue weighted by Gasteiger charge is 2.27. The molecule has 58 valence electrons. The van der Waals surface area contributed by atoms with Crippen molar-refractivity contribution in [1.29, 1.82) is 0 Å². The Hall–Kier alpha value is -0.0400. The van der Waals surface area contributed by atoms with Gasteiger partial charge in [-0.3, -0.25) is 0 Å². The molecular formula is C9H17N. The first-order chi connectivity index (χ1) is 4.97. The van der Waals surface area contributed by atoms with Crippen molar-refractivity contribution in [3.05, 3.63) is 0 Å². The van der Waals surface area contributed by atoms with Gasteiger partial charge in [0.15, 0.2) is 0 Å². The maximum absolute atomic E-state index is 3.52. The molecule has 2 rings (SSSR count). The van der Waals surface area contributed by atoms with Crippen LogP contribution in [0.5, 0.6) is 0 Å². The normalized spacial score (nSPS) is 40.8. The summed E-state index contributed by atoms with van der Waals surface area (Å²) in [4.78, 5) is 0. The van der Waals surface area contributed by atoms with Crippen LogP contribution in [0.15, 0.2) is 0 Å². The van der Waals surface area contributed by atoms with Crippen LogP contribution in [0.4, 0.5) is 0 Å². The fourth-order valence-corrected chi connectivity index (χ4v) is 2.54. The third kappa shape index (κ3) is 1.20. The van der Waals surface area contributed by atoms with Gasteiger partial charge in [0.25, 0.3) is 0 Å². The van der Waals surface area contributed by atoms with E-state index < -0.39 is 0 Å². The van der Waals surface area contributed by atoms with E-state index in [1.807, 2.05) is 0 Å². The maximum atomic E-state index is 3.52. The molecule has 1 heteroatoms. The number of hydrogen-bond donors (Lipinski definition) is 1. The van der Waals surface area contributed by atoms with Gasteiger partial charge in [-0.2, -0.15) is 0 Å². The van der Waals surface area contributed by atoms with Crippen LogP contribution < -0.4 is 5.32 Å². The molecule has 0 aromatic rings. The van der Waals surface area contributed by atoms with E-state index in [1.165, 1.54) is 45.2 Å². The zero-order valence-corrected chi connectivity index (χ0v) is 6.60. The molecule has 1 aliphatic carbocycles. The number of hydrogen-bond acceptors (Lipinski definition) is 1. The van der Waals surface area contributed by atoms with Crippen LogP contribution in [0, 0.1) is 11.8 Å².